The average molecular weight is 221 g/mol. The summed E-state index contributed by atoms with van der Waals surface area (Å²) in [6.07, 6.45) is 11.9. The lowest BCUT2D eigenvalue weighted by molar-refractivity contribution is 0.0634. The number of ether oxygens (including phenoxy) is 1. The Hall–Kier alpha value is -0.500. The van der Waals surface area contributed by atoms with Crippen LogP contribution in [0.5, 0.6) is 0 Å². The van der Waals surface area contributed by atoms with E-state index in [0.717, 1.165) is 19.1 Å². The molecule has 1 saturated heterocycles. The predicted octanol–water partition coefficient (Wildman–Crippen LogP) is 2.95. The summed E-state index contributed by atoms with van der Waals surface area (Å²) in [5, 5.41) is 0. The molecule has 0 aromatic rings. The van der Waals surface area contributed by atoms with E-state index in [-0.39, 0.29) is 0 Å². The summed E-state index contributed by atoms with van der Waals surface area (Å²) in [5.74, 6) is 0.870. The zero-order valence-corrected chi connectivity index (χ0v) is 10.2. The lowest BCUT2D eigenvalue weighted by Crippen LogP contribution is -2.31. The quantitative estimate of drug-likeness (QED) is 0.723. The molecule has 3 aliphatic rings. The summed E-state index contributed by atoms with van der Waals surface area (Å²) in [6, 6.07) is 0.690. The molecule has 1 aliphatic carbocycles. The molecule has 2 heteroatoms. The summed E-state index contributed by atoms with van der Waals surface area (Å²) in [6.45, 7) is 3.23. The Morgan fingerprint density at radius 2 is 2.06 bits per heavy atom. The van der Waals surface area contributed by atoms with Gasteiger partial charge in [-0.3, -0.25) is 0 Å². The fourth-order valence-corrected chi connectivity index (χ4v) is 3.49. The van der Waals surface area contributed by atoms with Gasteiger partial charge in [0.1, 0.15) is 0 Å². The molecule has 2 aliphatic heterocycles. The van der Waals surface area contributed by atoms with Gasteiger partial charge >= 0.3 is 0 Å². The van der Waals surface area contributed by atoms with E-state index >= 15 is 0 Å². The minimum Gasteiger partial charge on any atom is -0.379 e. The molecule has 0 aromatic heterocycles. The highest BCUT2D eigenvalue weighted by Gasteiger charge is 2.30. The molecule has 1 saturated carbocycles. The van der Waals surface area contributed by atoms with Gasteiger partial charge in [0.25, 0.3) is 0 Å². The second kappa shape index (κ2) is 4.79. The van der Waals surface area contributed by atoms with Crippen LogP contribution in [-0.4, -0.2) is 30.7 Å². The summed E-state index contributed by atoms with van der Waals surface area (Å²) in [5.41, 5.74) is 1.59. The number of hydrogen-bond donors (Lipinski definition) is 0. The molecule has 0 unspecified atom stereocenters. The normalized spacial score (nSPS) is 29.9. The molecule has 2 nitrogen and oxygen atoms in total. The van der Waals surface area contributed by atoms with Crippen molar-refractivity contribution in [2.75, 3.05) is 19.8 Å². The fourth-order valence-electron chi connectivity index (χ4n) is 3.49. The third-order valence-corrected chi connectivity index (χ3v) is 4.43. The summed E-state index contributed by atoms with van der Waals surface area (Å²) >= 11 is 0. The van der Waals surface area contributed by atoms with Gasteiger partial charge in [0.15, 0.2) is 0 Å². The molecule has 2 fully saturated rings. The van der Waals surface area contributed by atoms with Gasteiger partial charge in [-0.05, 0) is 38.0 Å². The molecule has 0 N–H and O–H groups in total. The molecule has 1 atom stereocenters. The molecule has 0 aromatic carbocycles. The van der Waals surface area contributed by atoms with E-state index in [4.69, 9.17) is 4.74 Å². The monoisotopic (exact) mass is 221 g/mol. The number of nitrogens with zero attached hydrogens (tertiary/aromatic N) is 1. The second-order valence-electron chi connectivity index (χ2n) is 5.56. The van der Waals surface area contributed by atoms with Crippen molar-refractivity contribution in [1.29, 1.82) is 0 Å². The van der Waals surface area contributed by atoms with E-state index in [9.17, 15) is 0 Å². The molecule has 3 rings (SSSR count). The summed E-state index contributed by atoms with van der Waals surface area (Å²) < 4.78 is 5.94. The predicted molar refractivity (Wildman–Crippen MR) is 65.2 cm³/mol. The van der Waals surface area contributed by atoms with Crippen LogP contribution < -0.4 is 0 Å². The number of allylic oxidation sites excluding steroid dienone is 1. The van der Waals surface area contributed by atoms with E-state index < -0.39 is 0 Å². The van der Waals surface area contributed by atoms with Crippen LogP contribution in [0, 0.1) is 5.92 Å². The van der Waals surface area contributed by atoms with Gasteiger partial charge in [0, 0.05) is 18.8 Å². The van der Waals surface area contributed by atoms with Crippen LogP contribution in [0.4, 0.5) is 0 Å². The van der Waals surface area contributed by atoms with Crippen molar-refractivity contribution in [3.8, 4) is 0 Å². The Kier molecular flexibility index (Phi) is 3.18. The zero-order chi connectivity index (χ0) is 10.8. The van der Waals surface area contributed by atoms with Crippen LogP contribution in [0.1, 0.15) is 44.9 Å². The Labute approximate surface area is 98.6 Å². The third kappa shape index (κ3) is 2.13. The van der Waals surface area contributed by atoms with Gasteiger partial charge in [0.2, 0.25) is 0 Å². The summed E-state index contributed by atoms with van der Waals surface area (Å²) in [4.78, 5) is 2.58. The summed E-state index contributed by atoms with van der Waals surface area (Å²) in [7, 11) is 0. The lowest BCUT2D eigenvalue weighted by atomic mass is 10.1. The van der Waals surface area contributed by atoms with E-state index in [1.807, 2.05) is 0 Å². The lowest BCUT2D eigenvalue weighted by Gasteiger charge is -2.24. The van der Waals surface area contributed by atoms with Gasteiger partial charge in [-0.15, -0.1) is 0 Å². The minimum atomic E-state index is 0.690. The first kappa shape index (κ1) is 10.6. The molecular weight excluding hydrogens is 198 g/mol. The highest BCUT2D eigenvalue weighted by atomic mass is 16.5. The highest BCUT2D eigenvalue weighted by Crippen LogP contribution is 2.32. The van der Waals surface area contributed by atoms with Crippen molar-refractivity contribution in [3.05, 3.63) is 11.8 Å². The van der Waals surface area contributed by atoms with Crippen LogP contribution in [0.15, 0.2) is 11.8 Å². The Balaban J connectivity index is 1.40. The SMILES string of the molecule is C1=C2CC[C@@H](COCC3CCCC3)N2CC1. The van der Waals surface area contributed by atoms with Gasteiger partial charge in [0.05, 0.1) is 12.6 Å². The maximum Gasteiger partial charge on any atom is 0.0670 e. The molecule has 90 valence electrons. The van der Waals surface area contributed by atoms with Crippen LogP contribution in [0.2, 0.25) is 0 Å². The van der Waals surface area contributed by atoms with E-state index in [1.165, 1.54) is 51.5 Å². The van der Waals surface area contributed by atoms with Crippen molar-refractivity contribution in [2.45, 2.75) is 51.0 Å². The highest BCUT2D eigenvalue weighted by molar-refractivity contribution is 5.14. The molecule has 0 spiro atoms. The Morgan fingerprint density at radius 1 is 1.19 bits per heavy atom. The van der Waals surface area contributed by atoms with Gasteiger partial charge < -0.3 is 9.64 Å². The number of rotatable bonds is 4. The maximum atomic E-state index is 5.94. The number of hydrogen-bond acceptors (Lipinski definition) is 2. The van der Waals surface area contributed by atoms with Crippen molar-refractivity contribution >= 4 is 0 Å². The molecule has 2 heterocycles. The zero-order valence-electron chi connectivity index (χ0n) is 10.2. The van der Waals surface area contributed by atoms with Gasteiger partial charge in [-0.2, -0.15) is 0 Å². The topological polar surface area (TPSA) is 12.5 Å². The molecular formula is C14H23NO. The van der Waals surface area contributed by atoms with Crippen LogP contribution in [0.25, 0.3) is 0 Å². The molecule has 0 bridgehead atoms. The Morgan fingerprint density at radius 3 is 2.94 bits per heavy atom. The standard InChI is InChI=1S/C14H23NO/c1-2-5-12(4-1)10-16-11-14-8-7-13-6-3-9-15(13)14/h6,12,14H,1-5,7-11H2/t14-/m0/s1. The van der Waals surface area contributed by atoms with E-state index in [2.05, 4.69) is 11.0 Å². The smallest absolute Gasteiger partial charge is 0.0670 e. The van der Waals surface area contributed by atoms with Gasteiger partial charge in [-0.1, -0.05) is 18.9 Å². The minimum absolute atomic E-state index is 0.690. The number of fused-ring (bicyclic) bond motifs is 1. The van der Waals surface area contributed by atoms with E-state index in [1.54, 1.807) is 5.70 Å². The van der Waals surface area contributed by atoms with Crippen molar-refractivity contribution < 1.29 is 4.74 Å². The first-order valence-electron chi connectivity index (χ1n) is 6.97. The van der Waals surface area contributed by atoms with Crippen molar-refractivity contribution in [3.63, 3.8) is 0 Å². The molecule has 0 amide bonds. The molecule has 0 radical (unpaired) electrons. The second-order valence-corrected chi connectivity index (χ2v) is 5.56. The van der Waals surface area contributed by atoms with E-state index in [0.29, 0.717) is 6.04 Å². The third-order valence-electron chi connectivity index (χ3n) is 4.43. The van der Waals surface area contributed by atoms with Gasteiger partial charge in [-0.25, -0.2) is 0 Å². The molecule has 16 heavy (non-hydrogen) atoms. The first-order valence-corrected chi connectivity index (χ1v) is 6.97. The fraction of sp³-hybridized carbons (Fsp3) is 0.857. The van der Waals surface area contributed by atoms with Crippen LogP contribution >= 0.6 is 0 Å². The van der Waals surface area contributed by atoms with Crippen LogP contribution in [-0.2, 0) is 4.74 Å². The maximum absolute atomic E-state index is 5.94. The van der Waals surface area contributed by atoms with Crippen molar-refractivity contribution in [2.24, 2.45) is 5.92 Å². The first-order chi connectivity index (χ1) is 7.93. The van der Waals surface area contributed by atoms with Crippen molar-refractivity contribution in [1.82, 2.24) is 4.90 Å². The largest absolute Gasteiger partial charge is 0.379 e. The average Bonchev–Trinajstić information content (AvgIpc) is 2.95. The van der Waals surface area contributed by atoms with Crippen LogP contribution in [0.3, 0.4) is 0 Å². The Bertz CT molecular complexity index is 268.